The third kappa shape index (κ3) is 3.64. The average molecular weight is 326 g/mol. The van der Waals surface area contributed by atoms with Crippen molar-refractivity contribution in [2.75, 3.05) is 12.4 Å². The Balaban J connectivity index is 1.74. The van der Waals surface area contributed by atoms with Crippen LogP contribution in [-0.4, -0.2) is 12.2 Å². The molecule has 1 saturated carbocycles. The second kappa shape index (κ2) is 7.01. The van der Waals surface area contributed by atoms with Crippen LogP contribution < -0.4 is 15.4 Å². The van der Waals surface area contributed by atoms with E-state index in [1.54, 1.807) is 7.11 Å². The highest BCUT2D eigenvalue weighted by Gasteiger charge is 2.36. The van der Waals surface area contributed by atoms with E-state index in [1.165, 1.54) is 18.4 Å². The number of thiocarbonyl (C=S) groups is 1. The van der Waals surface area contributed by atoms with Crippen LogP contribution in [0, 0.1) is 0 Å². The monoisotopic (exact) mass is 326 g/mol. The molecule has 0 amide bonds. The van der Waals surface area contributed by atoms with Crippen molar-refractivity contribution in [2.24, 2.45) is 0 Å². The molecule has 0 heterocycles. The first-order valence-corrected chi connectivity index (χ1v) is 8.41. The predicted molar refractivity (Wildman–Crippen MR) is 98.9 cm³/mol. The molecule has 0 saturated heterocycles. The Bertz CT molecular complexity index is 666. The molecule has 1 aliphatic rings. The fourth-order valence-electron chi connectivity index (χ4n) is 3.30. The molecule has 0 radical (unpaired) electrons. The molecule has 120 valence electrons. The lowest BCUT2D eigenvalue weighted by molar-refractivity contribution is 0.408. The lowest BCUT2D eigenvalue weighted by Crippen LogP contribution is -2.45. The largest absolute Gasteiger partial charge is 0.497 e. The third-order valence-corrected chi connectivity index (χ3v) is 4.67. The van der Waals surface area contributed by atoms with Gasteiger partial charge < -0.3 is 15.4 Å². The van der Waals surface area contributed by atoms with Crippen LogP contribution in [0.4, 0.5) is 5.69 Å². The lowest BCUT2D eigenvalue weighted by atomic mass is 9.88. The zero-order valence-electron chi connectivity index (χ0n) is 13.3. The first kappa shape index (κ1) is 15.8. The van der Waals surface area contributed by atoms with Crippen molar-refractivity contribution in [1.29, 1.82) is 0 Å². The van der Waals surface area contributed by atoms with Gasteiger partial charge in [-0.3, -0.25) is 0 Å². The summed E-state index contributed by atoms with van der Waals surface area (Å²) in [5, 5.41) is 7.51. The molecular formula is C19H22N2OS. The van der Waals surface area contributed by atoms with Crippen molar-refractivity contribution >= 4 is 23.0 Å². The minimum Gasteiger partial charge on any atom is -0.497 e. The molecule has 3 nitrogen and oxygen atoms in total. The number of methoxy groups -OCH3 is 1. The molecule has 23 heavy (non-hydrogen) atoms. The van der Waals surface area contributed by atoms with Gasteiger partial charge in [-0.25, -0.2) is 0 Å². The molecule has 2 aromatic carbocycles. The lowest BCUT2D eigenvalue weighted by Gasteiger charge is -2.32. The maximum atomic E-state index is 5.56. The first-order valence-electron chi connectivity index (χ1n) is 8.01. The SMILES string of the molecule is COc1cccc(NC(=S)NC2(c3ccccc3)CCCC2)c1. The molecule has 2 N–H and O–H groups in total. The Morgan fingerprint density at radius 2 is 1.78 bits per heavy atom. The molecule has 2 aromatic rings. The van der Waals surface area contributed by atoms with Crippen LogP contribution in [0.3, 0.4) is 0 Å². The first-order chi connectivity index (χ1) is 11.2. The highest BCUT2D eigenvalue weighted by Crippen LogP contribution is 2.38. The standard InChI is InChI=1S/C19H22N2OS/c1-22-17-11-7-10-16(14-17)20-18(23)21-19(12-5-6-13-19)15-8-3-2-4-9-15/h2-4,7-11,14H,5-6,12-13H2,1H3,(H2,20,21,23). The third-order valence-electron chi connectivity index (χ3n) is 4.46. The molecule has 0 bridgehead atoms. The summed E-state index contributed by atoms with van der Waals surface area (Å²) >= 11 is 5.56. The highest BCUT2D eigenvalue weighted by atomic mass is 32.1. The van der Waals surface area contributed by atoms with Gasteiger partial charge in [0.15, 0.2) is 5.11 Å². The summed E-state index contributed by atoms with van der Waals surface area (Å²) in [5.41, 5.74) is 2.19. The zero-order chi connectivity index (χ0) is 16.1. The smallest absolute Gasteiger partial charge is 0.171 e. The molecule has 0 aliphatic heterocycles. The van der Waals surface area contributed by atoms with E-state index in [2.05, 4.69) is 41.0 Å². The zero-order valence-corrected chi connectivity index (χ0v) is 14.2. The van der Waals surface area contributed by atoms with Crippen molar-refractivity contribution < 1.29 is 4.74 Å². The maximum Gasteiger partial charge on any atom is 0.171 e. The van der Waals surface area contributed by atoms with Crippen molar-refractivity contribution in [3.63, 3.8) is 0 Å². The number of hydrogen-bond acceptors (Lipinski definition) is 2. The van der Waals surface area contributed by atoms with E-state index in [0.717, 1.165) is 24.3 Å². The average Bonchev–Trinajstić information content (AvgIpc) is 3.05. The van der Waals surface area contributed by atoms with E-state index >= 15 is 0 Å². The topological polar surface area (TPSA) is 33.3 Å². The quantitative estimate of drug-likeness (QED) is 0.813. The number of ether oxygens (including phenoxy) is 1. The van der Waals surface area contributed by atoms with Crippen LogP contribution in [-0.2, 0) is 5.54 Å². The van der Waals surface area contributed by atoms with Gasteiger partial charge in [0.1, 0.15) is 5.75 Å². The minimum absolute atomic E-state index is 0.0514. The van der Waals surface area contributed by atoms with Gasteiger partial charge in [0, 0.05) is 11.8 Å². The predicted octanol–water partition coefficient (Wildman–Crippen LogP) is 4.45. The second-order valence-corrected chi connectivity index (χ2v) is 6.37. The summed E-state index contributed by atoms with van der Waals surface area (Å²) in [6.45, 7) is 0. The Hall–Kier alpha value is -2.07. The van der Waals surface area contributed by atoms with E-state index in [-0.39, 0.29) is 5.54 Å². The molecule has 3 rings (SSSR count). The minimum atomic E-state index is -0.0514. The number of nitrogens with one attached hydrogen (secondary N) is 2. The molecule has 1 aliphatic carbocycles. The van der Waals surface area contributed by atoms with Crippen molar-refractivity contribution in [3.8, 4) is 5.75 Å². The molecular weight excluding hydrogens is 304 g/mol. The maximum absolute atomic E-state index is 5.56. The van der Waals surface area contributed by atoms with Crippen LogP contribution in [0.5, 0.6) is 5.75 Å². The van der Waals surface area contributed by atoms with Gasteiger partial charge in [-0.1, -0.05) is 49.2 Å². The van der Waals surface area contributed by atoms with Gasteiger partial charge >= 0.3 is 0 Å². The molecule has 1 fully saturated rings. The van der Waals surface area contributed by atoms with E-state index in [4.69, 9.17) is 17.0 Å². The van der Waals surface area contributed by atoms with Gasteiger partial charge in [-0.2, -0.15) is 0 Å². The Morgan fingerprint density at radius 1 is 1.04 bits per heavy atom. The van der Waals surface area contributed by atoms with E-state index < -0.39 is 0 Å². The van der Waals surface area contributed by atoms with Crippen molar-refractivity contribution in [1.82, 2.24) is 5.32 Å². The number of benzene rings is 2. The Labute approximate surface area is 143 Å². The normalized spacial score (nSPS) is 15.9. The molecule has 4 heteroatoms. The number of hydrogen-bond donors (Lipinski definition) is 2. The fraction of sp³-hybridized carbons (Fsp3) is 0.316. The molecule has 0 spiro atoms. The molecule has 0 atom stereocenters. The van der Waals surface area contributed by atoms with E-state index in [9.17, 15) is 0 Å². The van der Waals surface area contributed by atoms with Crippen molar-refractivity contribution in [2.45, 2.75) is 31.2 Å². The summed E-state index contributed by atoms with van der Waals surface area (Å²) < 4.78 is 5.26. The second-order valence-electron chi connectivity index (χ2n) is 5.97. The molecule has 0 unspecified atom stereocenters. The van der Waals surface area contributed by atoms with E-state index in [0.29, 0.717) is 5.11 Å². The Kier molecular flexibility index (Phi) is 4.82. The number of anilines is 1. The summed E-state index contributed by atoms with van der Waals surface area (Å²) in [7, 11) is 1.67. The highest BCUT2D eigenvalue weighted by molar-refractivity contribution is 7.80. The Morgan fingerprint density at radius 3 is 2.48 bits per heavy atom. The van der Waals surface area contributed by atoms with Gasteiger partial charge in [-0.05, 0) is 42.8 Å². The summed E-state index contributed by atoms with van der Waals surface area (Å²) in [6, 6.07) is 18.4. The molecule has 0 aromatic heterocycles. The van der Waals surface area contributed by atoms with Crippen LogP contribution in [0.1, 0.15) is 31.2 Å². The van der Waals surface area contributed by atoms with Crippen molar-refractivity contribution in [3.05, 3.63) is 60.2 Å². The van der Waals surface area contributed by atoms with Gasteiger partial charge in [0.25, 0.3) is 0 Å². The van der Waals surface area contributed by atoms with Crippen LogP contribution in [0.2, 0.25) is 0 Å². The van der Waals surface area contributed by atoms with Gasteiger partial charge in [-0.15, -0.1) is 0 Å². The van der Waals surface area contributed by atoms with E-state index in [1.807, 2.05) is 24.3 Å². The van der Waals surface area contributed by atoms with Gasteiger partial charge in [0.05, 0.1) is 12.6 Å². The summed E-state index contributed by atoms with van der Waals surface area (Å²) in [6.07, 6.45) is 4.67. The number of rotatable bonds is 4. The van der Waals surface area contributed by atoms with Crippen LogP contribution >= 0.6 is 12.2 Å². The van der Waals surface area contributed by atoms with Crippen LogP contribution in [0.15, 0.2) is 54.6 Å². The van der Waals surface area contributed by atoms with Gasteiger partial charge in [0.2, 0.25) is 0 Å². The summed E-state index contributed by atoms with van der Waals surface area (Å²) in [5.74, 6) is 0.816. The van der Waals surface area contributed by atoms with Crippen LogP contribution in [0.25, 0.3) is 0 Å². The fourth-order valence-corrected chi connectivity index (χ4v) is 3.62. The summed E-state index contributed by atoms with van der Waals surface area (Å²) in [4.78, 5) is 0.